The molecular weight excluding hydrogens is 354 g/mol. The summed E-state index contributed by atoms with van der Waals surface area (Å²) < 4.78 is 23.7. The summed E-state index contributed by atoms with van der Waals surface area (Å²) in [5.41, 5.74) is 1.88. The van der Waals surface area contributed by atoms with E-state index >= 15 is 0 Å². The summed E-state index contributed by atoms with van der Waals surface area (Å²) in [6.45, 7) is 3.40. The SMILES string of the molecule is CCS(=O)(=O)c1ccc(C(=O)NC(CC(=O)O)c2ccccc2C)cc1. The second kappa shape index (κ2) is 8.14. The van der Waals surface area contributed by atoms with Crippen molar-refractivity contribution >= 4 is 21.7 Å². The van der Waals surface area contributed by atoms with Gasteiger partial charge in [-0.15, -0.1) is 0 Å². The fourth-order valence-electron chi connectivity index (χ4n) is 2.61. The third-order valence-electron chi connectivity index (χ3n) is 4.10. The van der Waals surface area contributed by atoms with Crippen molar-refractivity contribution in [3.8, 4) is 0 Å². The van der Waals surface area contributed by atoms with E-state index in [-0.39, 0.29) is 22.6 Å². The largest absolute Gasteiger partial charge is 0.481 e. The second-order valence-electron chi connectivity index (χ2n) is 5.91. The number of carbonyl (C=O) groups is 2. The minimum absolute atomic E-state index is 0.0213. The molecule has 2 aromatic rings. The van der Waals surface area contributed by atoms with E-state index in [4.69, 9.17) is 5.11 Å². The Labute approximate surface area is 152 Å². The van der Waals surface area contributed by atoms with Crippen molar-refractivity contribution in [1.29, 1.82) is 0 Å². The van der Waals surface area contributed by atoms with Gasteiger partial charge in [-0.25, -0.2) is 8.42 Å². The highest BCUT2D eigenvalue weighted by atomic mass is 32.2. The number of carboxylic acids is 1. The molecule has 0 saturated heterocycles. The maximum Gasteiger partial charge on any atom is 0.305 e. The molecule has 0 aliphatic carbocycles. The molecule has 7 heteroatoms. The monoisotopic (exact) mass is 375 g/mol. The Morgan fingerprint density at radius 1 is 1.08 bits per heavy atom. The van der Waals surface area contributed by atoms with Crippen LogP contribution in [0.25, 0.3) is 0 Å². The molecule has 0 radical (unpaired) electrons. The standard InChI is InChI=1S/C19H21NO5S/c1-3-26(24,25)15-10-8-14(9-11-15)19(23)20-17(12-18(21)22)16-7-5-4-6-13(16)2/h4-11,17H,3,12H2,1-2H3,(H,20,23)(H,21,22). The smallest absolute Gasteiger partial charge is 0.305 e. The lowest BCUT2D eigenvalue weighted by atomic mass is 9.98. The molecule has 1 amide bonds. The second-order valence-corrected chi connectivity index (χ2v) is 8.19. The van der Waals surface area contributed by atoms with Crippen molar-refractivity contribution in [2.75, 3.05) is 5.75 Å². The van der Waals surface area contributed by atoms with E-state index in [2.05, 4.69) is 5.32 Å². The number of benzene rings is 2. The summed E-state index contributed by atoms with van der Waals surface area (Å²) in [6.07, 6.45) is -0.251. The molecule has 1 atom stereocenters. The van der Waals surface area contributed by atoms with Gasteiger partial charge in [-0.05, 0) is 42.3 Å². The first-order chi connectivity index (χ1) is 12.2. The van der Waals surface area contributed by atoms with E-state index in [0.717, 1.165) is 11.1 Å². The molecule has 0 spiro atoms. The molecule has 0 aliphatic heterocycles. The van der Waals surface area contributed by atoms with Crippen LogP contribution in [0.2, 0.25) is 0 Å². The Hall–Kier alpha value is -2.67. The summed E-state index contributed by atoms with van der Waals surface area (Å²) >= 11 is 0. The molecule has 0 saturated carbocycles. The van der Waals surface area contributed by atoms with Crippen molar-refractivity contribution < 1.29 is 23.1 Å². The van der Waals surface area contributed by atoms with E-state index in [1.807, 2.05) is 19.1 Å². The normalized spacial score (nSPS) is 12.4. The first-order valence-electron chi connectivity index (χ1n) is 8.15. The Balaban J connectivity index is 2.24. The van der Waals surface area contributed by atoms with E-state index < -0.39 is 27.8 Å². The molecule has 0 bridgehead atoms. The first kappa shape index (κ1) is 19.7. The predicted octanol–water partition coefficient (Wildman–Crippen LogP) is 2.73. The molecule has 2 N–H and O–H groups in total. The number of carbonyl (C=O) groups excluding carboxylic acids is 1. The summed E-state index contributed by atoms with van der Waals surface area (Å²) in [5.74, 6) is -1.50. The van der Waals surface area contributed by atoms with Gasteiger partial charge in [0.2, 0.25) is 0 Å². The molecule has 0 aromatic heterocycles. The highest BCUT2D eigenvalue weighted by Gasteiger charge is 2.21. The van der Waals surface area contributed by atoms with E-state index in [1.165, 1.54) is 24.3 Å². The van der Waals surface area contributed by atoms with E-state index in [1.54, 1.807) is 19.1 Å². The van der Waals surface area contributed by atoms with Crippen LogP contribution in [0.5, 0.6) is 0 Å². The molecular formula is C19H21NO5S. The van der Waals surface area contributed by atoms with Gasteiger partial charge < -0.3 is 10.4 Å². The Kier molecular flexibility index (Phi) is 6.15. The Bertz CT molecular complexity index is 904. The Morgan fingerprint density at radius 2 is 1.69 bits per heavy atom. The summed E-state index contributed by atoms with van der Waals surface area (Å²) in [4.78, 5) is 23.8. The number of amides is 1. The van der Waals surface area contributed by atoms with Crippen LogP contribution in [-0.2, 0) is 14.6 Å². The van der Waals surface area contributed by atoms with Crippen molar-refractivity contribution in [1.82, 2.24) is 5.32 Å². The van der Waals surface area contributed by atoms with Crippen LogP contribution in [0.3, 0.4) is 0 Å². The van der Waals surface area contributed by atoms with Gasteiger partial charge in [0.05, 0.1) is 23.1 Å². The van der Waals surface area contributed by atoms with Crippen LogP contribution in [-0.4, -0.2) is 31.2 Å². The fraction of sp³-hybridized carbons (Fsp3) is 0.263. The predicted molar refractivity (Wildman–Crippen MR) is 97.8 cm³/mol. The third-order valence-corrected chi connectivity index (χ3v) is 5.85. The molecule has 0 fully saturated rings. The average Bonchev–Trinajstić information content (AvgIpc) is 2.61. The van der Waals surface area contributed by atoms with Crippen molar-refractivity contribution in [3.05, 3.63) is 65.2 Å². The lowest BCUT2D eigenvalue weighted by Gasteiger charge is -2.19. The lowest BCUT2D eigenvalue weighted by Crippen LogP contribution is -2.30. The summed E-state index contributed by atoms with van der Waals surface area (Å²) in [6, 6.07) is 12.2. The number of aliphatic carboxylic acids is 1. The number of rotatable bonds is 7. The zero-order valence-corrected chi connectivity index (χ0v) is 15.4. The van der Waals surface area contributed by atoms with Crippen molar-refractivity contribution in [2.45, 2.75) is 31.2 Å². The molecule has 2 rings (SSSR count). The van der Waals surface area contributed by atoms with Crippen molar-refractivity contribution in [3.63, 3.8) is 0 Å². The molecule has 0 heterocycles. The third kappa shape index (κ3) is 4.70. The minimum atomic E-state index is -3.34. The van der Waals surface area contributed by atoms with Gasteiger partial charge in [-0.3, -0.25) is 9.59 Å². The maximum absolute atomic E-state index is 12.5. The summed E-state index contributed by atoms with van der Waals surface area (Å²) in [5, 5.41) is 11.9. The zero-order chi connectivity index (χ0) is 19.3. The highest BCUT2D eigenvalue weighted by molar-refractivity contribution is 7.91. The molecule has 6 nitrogen and oxygen atoms in total. The molecule has 0 aliphatic rings. The number of carboxylic acid groups (broad SMARTS) is 1. The van der Waals surface area contributed by atoms with Crippen molar-refractivity contribution in [2.24, 2.45) is 0 Å². The van der Waals surface area contributed by atoms with Crippen LogP contribution in [0, 0.1) is 6.92 Å². The topological polar surface area (TPSA) is 101 Å². The van der Waals surface area contributed by atoms with Gasteiger partial charge in [0.15, 0.2) is 9.84 Å². The van der Waals surface area contributed by atoms with Crippen LogP contribution in [0.15, 0.2) is 53.4 Å². The summed E-state index contributed by atoms with van der Waals surface area (Å²) in [7, 11) is -3.34. The minimum Gasteiger partial charge on any atom is -0.481 e. The van der Waals surface area contributed by atoms with Gasteiger partial charge in [-0.1, -0.05) is 31.2 Å². The number of hydrogen-bond donors (Lipinski definition) is 2. The number of hydrogen-bond acceptors (Lipinski definition) is 4. The quantitative estimate of drug-likeness (QED) is 0.775. The van der Waals surface area contributed by atoms with Gasteiger partial charge >= 0.3 is 5.97 Å². The van der Waals surface area contributed by atoms with Crippen LogP contribution < -0.4 is 5.32 Å². The molecule has 2 aromatic carbocycles. The van der Waals surface area contributed by atoms with Gasteiger partial charge in [0.25, 0.3) is 5.91 Å². The van der Waals surface area contributed by atoms with Gasteiger partial charge in [0, 0.05) is 5.56 Å². The number of sulfone groups is 1. The molecule has 1 unspecified atom stereocenters. The van der Waals surface area contributed by atoms with Gasteiger partial charge in [-0.2, -0.15) is 0 Å². The highest BCUT2D eigenvalue weighted by Crippen LogP contribution is 2.21. The maximum atomic E-state index is 12.5. The molecule has 26 heavy (non-hydrogen) atoms. The van der Waals surface area contributed by atoms with Crippen LogP contribution in [0.1, 0.15) is 40.9 Å². The fourth-order valence-corrected chi connectivity index (χ4v) is 3.50. The lowest BCUT2D eigenvalue weighted by molar-refractivity contribution is -0.137. The van der Waals surface area contributed by atoms with Crippen LogP contribution >= 0.6 is 0 Å². The molecule has 138 valence electrons. The van der Waals surface area contributed by atoms with E-state index in [9.17, 15) is 18.0 Å². The zero-order valence-electron chi connectivity index (χ0n) is 14.6. The number of nitrogens with one attached hydrogen (secondary N) is 1. The Morgan fingerprint density at radius 3 is 2.23 bits per heavy atom. The number of aryl methyl sites for hydroxylation is 1. The first-order valence-corrected chi connectivity index (χ1v) is 9.81. The van der Waals surface area contributed by atoms with E-state index in [0.29, 0.717) is 0 Å². The van der Waals surface area contributed by atoms with Gasteiger partial charge in [0.1, 0.15) is 0 Å². The average molecular weight is 375 g/mol. The van der Waals surface area contributed by atoms with Crippen LogP contribution in [0.4, 0.5) is 0 Å².